The molecule has 0 atom stereocenters. The zero-order valence-corrected chi connectivity index (χ0v) is 21.1. The van der Waals surface area contributed by atoms with Crippen LogP contribution in [0.3, 0.4) is 0 Å². The van der Waals surface area contributed by atoms with Gasteiger partial charge in [0.2, 0.25) is 0 Å². The van der Waals surface area contributed by atoms with Gasteiger partial charge in [0, 0.05) is 37.9 Å². The topological polar surface area (TPSA) is 78.4 Å². The molecule has 0 aliphatic carbocycles. The first-order chi connectivity index (χ1) is 18.0. The second-order valence-corrected chi connectivity index (χ2v) is 9.74. The zero-order chi connectivity index (χ0) is 25.8. The summed E-state index contributed by atoms with van der Waals surface area (Å²) in [7, 11) is 0. The summed E-state index contributed by atoms with van der Waals surface area (Å²) in [6.45, 7) is 5.20. The first kappa shape index (κ1) is 24.5. The maximum Gasteiger partial charge on any atom is 0.274 e. The van der Waals surface area contributed by atoms with Gasteiger partial charge in [-0.15, -0.1) is 6.42 Å². The monoisotopic (exact) mass is 493 g/mol. The fraction of sp³-hybridized carbons (Fsp3) is 0.333. The van der Waals surface area contributed by atoms with Crippen LogP contribution in [0.25, 0.3) is 0 Å². The number of hydrogen-bond donors (Lipinski definition) is 1. The molecule has 0 radical (unpaired) electrons. The summed E-state index contributed by atoms with van der Waals surface area (Å²) >= 11 is 0. The van der Waals surface area contributed by atoms with Crippen LogP contribution < -0.4 is 10.2 Å². The molecular weight excluding hydrogens is 462 g/mol. The number of carbonyl (C=O) groups is 2. The summed E-state index contributed by atoms with van der Waals surface area (Å²) in [5.41, 5.74) is 5.13. The van der Waals surface area contributed by atoms with Crippen molar-refractivity contribution < 1.29 is 9.59 Å². The van der Waals surface area contributed by atoms with Crippen molar-refractivity contribution in [3.63, 3.8) is 0 Å². The van der Waals surface area contributed by atoms with Gasteiger partial charge in [-0.1, -0.05) is 18.1 Å². The molecule has 2 fully saturated rings. The van der Waals surface area contributed by atoms with Gasteiger partial charge in [-0.2, -0.15) is 0 Å². The zero-order valence-electron chi connectivity index (χ0n) is 21.1. The van der Waals surface area contributed by atoms with Crippen LogP contribution in [0.15, 0.2) is 54.9 Å². The van der Waals surface area contributed by atoms with Crippen LogP contribution >= 0.6 is 0 Å². The number of likely N-dealkylation sites (tertiary alicyclic amines) is 1. The number of aryl methyl sites for hydroxylation is 1. The van der Waals surface area contributed by atoms with Crippen molar-refractivity contribution in [3.8, 4) is 12.3 Å². The number of aromatic nitrogens is 2. The molecule has 188 valence electrons. The Hall–Kier alpha value is -4.18. The molecule has 3 aromatic rings. The lowest BCUT2D eigenvalue weighted by Crippen LogP contribution is -2.38. The number of piperidine rings is 1. The molecule has 1 aromatic carbocycles. The van der Waals surface area contributed by atoms with Gasteiger partial charge in [-0.25, -0.2) is 4.98 Å². The minimum atomic E-state index is -0.320. The SMILES string of the molecule is C#Cc1ccc(C2CCN(C(=O)c3cnc(C)c(NC(=O)c4ccc(N5CCCC5)cn4)c3)CC2)cc1. The van der Waals surface area contributed by atoms with Crippen LogP contribution in [0.4, 0.5) is 11.4 Å². The van der Waals surface area contributed by atoms with Crippen LogP contribution in [0.5, 0.6) is 0 Å². The van der Waals surface area contributed by atoms with Crippen LogP contribution in [0, 0.1) is 19.3 Å². The maximum absolute atomic E-state index is 13.2. The normalized spacial score (nSPS) is 15.9. The Morgan fingerprint density at radius 2 is 1.70 bits per heavy atom. The molecule has 4 heterocycles. The average molecular weight is 494 g/mol. The number of benzene rings is 1. The minimum Gasteiger partial charge on any atom is -0.370 e. The Morgan fingerprint density at radius 3 is 2.35 bits per heavy atom. The second-order valence-electron chi connectivity index (χ2n) is 9.74. The van der Waals surface area contributed by atoms with E-state index in [0.717, 1.165) is 37.2 Å². The van der Waals surface area contributed by atoms with Gasteiger partial charge in [0.05, 0.1) is 28.8 Å². The Labute approximate surface area is 217 Å². The molecule has 0 saturated carbocycles. The fourth-order valence-corrected chi connectivity index (χ4v) is 5.10. The summed E-state index contributed by atoms with van der Waals surface area (Å²) < 4.78 is 0. The van der Waals surface area contributed by atoms with E-state index in [9.17, 15) is 9.59 Å². The van der Waals surface area contributed by atoms with Crippen LogP contribution in [0.1, 0.15) is 69.3 Å². The summed E-state index contributed by atoms with van der Waals surface area (Å²) in [6, 6.07) is 13.5. The molecule has 37 heavy (non-hydrogen) atoms. The Morgan fingerprint density at radius 1 is 0.973 bits per heavy atom. The van der Waals surface area contributed by atoms with Gasteiger partial charge >= 0.3 is 0 Å². The third-order valence-corrected chi connectivity index (χ3v) is 7.36. The smallest absolute Gasteiger partial charge is 0.274 e. The number of hydrogen-bond acceptors (Lipinski definition) is 5. The van der Waals surface area contributed by atoms with E-state index in [1.54, 1.807) is 24.5 Å². The van der Waals surface area contributed by atoms with Crippen LogP contribution in [-0.2, 0) is 0 Å². The van der Waals surface area contributed by atoms with Gasteiger partial charge in [0.25, 0.3) is 11.8 Å². The molecule has 2 aliphatic rings. The number of nitrogens with one attached hydrogen (secondary N) is 1. The Balaban J connectivity index is 1.21. The number of terminal acetylenes is 1. The van der Waals surface area contributed by atoms with Crippen molar-refractivity contribution in [3.05, 3.63) is 82.9 Å². The number of anilines is 2. The third kappa shape index (κ3) is 5.49. The highest BCUT2D eigenvalue weighted by Gasteiger charge is 2.25. The van der Waals surface area contributed by atoms with Crippen molar-refractivity contribution in [2.24, 2.45) is 0 Å². The van der Waals surface area contributed by atoms with Crippen molar-refractivity contribution in [1.82, 2.24) is 14.9 Å². The lowest BCUT2D eigenvalue weighted by atomic mass is 9.89. The first-order valence-electron chi connectivity index (χ1n) is 12.9. The molecule has 2 aliphatic heterocycles. The van der Waals surface area contributed by atoms with E-state index in [1.165, 1.54) is 18.4 Å². The highest BCUT2D eigenvalue weighted by Crippen LogP contribution is 2.29. The number of rotatable bonds is 5. The van der Waals surface area contributed by atoms with Crippen molar-refractivity contribution in [1.29, 1.82) is 0 Å². The maximum atomic E-state index is 13.2. The summed E-state index contributed by atoms with van der Waals surface area (Å²) in [6.07, 6.45) is 12.9. The predicted octanol–water partition coefficient (Wildman–Crippen LogP) is 4.64. The molecule has 0 unspecified atom stereocenters. The van der Waals surface area contributed by atoms with Crippen molar-refractivity contribution in [2.45, 2.75) is 38.5 Å². The third-order valence-electron chi connectivity index (χ3n) is 7.36. The van der Waals surface area contributed by atoms with Crippen molar-refractivity contribution >= 4 is 23.2 Å². The van der Waals surface area contributed by atoms with E-state index in [1.807, 2.05) is 30.0 Å². The number of carbonyl (C=O) groups excluding carboxylic acids is 2. The standard InChI is InChI=1S/C30H31N5O2/c1-3-22-6-8-23(9-7-22)24-12-16-35(17-13-24)30(37)25-18-28(21(2)31-19-25)33-29(36)27-11-10-26(20-32-27)34-14-4-5-15-34/h1,6-11,18-20,24H,4-5,12-17H2,2H3,(H,33,36). The molecule has 2 aromatic heterocycles. The molecule has 1 N–H and O–H groups in total. The number of pyridine rings is 2. The van der Waals surface area contributed by atoms with E-state index in [0.29, 0.717) is 41.6 Å². The molecule has 5 rings (SSSR count). The lowest BCUT2D eigenvalue weighted by Gasteiger charge is -2.32. The van der Waals surface area contributed by atoms with Crippen molar-refractivity contribution in [2.75, 3.05) is 36.4 Å². The second kappa shape index (κ2) is 10.8. The van der Waals surface area contributed by atoms with Gasteiger partial charge in [-0.3, -0.25) is 14.6 Å². The van der Waals surface area contributed by atoms with Gasteiger partial charge in [-0.05, 0) is 74.4 Å². The summed E-state index contributed by atoms with van der Waals surface area (Å²) in [4.78, 5) is 39.0. The van der Waals surface area contributed by atoms with Gasteiger partial charge in [0.1, 0.15) is 5.69 Å². The Kier molecular flexibility index (Phi) is 7.18. The average Bonchev–Trinajstić information content (AvgIpc) is 3.49. The van der Waals surface area contributed by atoms with Crippen LogP contribution in [-0.4, -0.2) is 52.9 Å². The minimum absolute atomic E-state index is 0.0720. The molecule has 0 spiro atoms. The molecule has 7 nitrogen and oxygen atoms in total. The number of amides is 2. The van der Waals surface area contributed by atoms with E-state index >= 15 is 0 Å². The number of nitrogens with zero attached hydrogens (tertiary/aromatic N) is 4. The van der Waals surface area contributed by atoms with E-state index in [4.69, 9.17) is 6.42 Å². The largest absolute Gasteiger partial charge is 0.370 e. The van der Waals surface area contributed by atoms with E-state index in [2.05, 4.69) is 38.2 Å². The molecular formula is C30H31N5O2. The van der Waals surface area contributed by atoms with E-state index in [-0.39, 0.29) is 11.8 Å². The summed E-state index contributed by atoms with van der Waals surface area (Å²) in [5, 5.41) is 2.89. The van der Waals surface area contributed by atoms with Gasteiger partial charge in [0.15, 0.2) is 0 Å². The summed E-state index contributed by atoms with van der Waals surface area (Å²) in [5.74, 6) is 2.67. The predicted molar refractivity (Wildman–Crippen MR) is 145 cm³/mol. The fourth-order valence-electron chi connectivity index (χ4n) is 5.10. The molecule has 2 saturated heterocycles. The van der Waals surface area contributed by atoms with Crippen LogP contribution in [0.2, 0.25) is 0 Å². The molecule has 2 amide bonds. The van der Waals surface area contributed by atoms with Gasteiger partial charge < -0.3 is 15.1 Å². The highest BCUT2D eigenvalue weighted by molar-refractivity contribution is 6.04. The first-order valence-corrected chi connectivity index (χ1v) is 12.9. The lowest BCUT2D eigenvalue weighted by molar-refractivity contribution is 0.0712. The molecule has 0 bridgehead atoms. The quantitative estimate of drug-likeness (QED) is 0.524. The Bertz CT molecular complexity index is 1310. The van der Waals surface area contributed by atoms with E-state index < -0.39 is 0 Å². The molecule has 7 heteroatoms. The highest BCUT2D eigenvalue weighted by atomic mass is 16.2.